The smallest absolute Gasteiger partial charge is 0.252 e. The van der Waals surface area contributed by atoms with E-state index in [1.807, 2.05) is 0 Å². The first kappa shape index (κ1) is 14.4. The highest BCUT2D eigenvalue weighted by Gasteiger charge is 2.36. The monoisotopic (exact) mass is 269 g/mol. The third kappa shape index (κ3) is 3.75. The first-order valence-corrected chi connectivity index (χ1v) is 6.82. The van der Waals surface area contributed by atoms with Gasteiger partial charge in [-0.05, 0) is 18.8 Å². The Morgan fingerprint density at radius 1 is 1.47 bits per heavy atom. The first-order chi connectivity index (χ1) is 9.14. The summed E-state index contributed by atoms with van der Waals surface area (Å²) in [6, 6.07) is 0. The fourth-order valence-electron chi connectivity index (χ4n) is 2.61. The molecule has 0 saturated heterocycles. The van der Waals surface area contributed by atoms with Crippen LogP contribution < -0.4 is 5.73 Å². The van der Waals surface area contributed by atoms with E-state index in [2.05, 4.69) is 17.1 Å². The van der Waals surface area contributed by atoms with Gasteiger partial charge in [-0.1, -0.05) is 24.9 Å². The zero-order valence-corrected chi connectivity index (χ0v) is 11.7. The minimum atomic E-state index is -0.439. The van der Waals surface area contributed by atoms with Crippen LogP contribution in [0.5, 0.6) is 0 Å². The standard InChI is InChI=1S/C13H23N3O3/c1-10-4-3-5-13(14,8-10)12-15-11(19-16-12)9-18-7-6-17-2/h10H,3-9,14H2,1-2H3. The Bertz CT molecular complexity index is 396. The number of ether oxygens (including phenoxy) is 2. The molecule has 1 aromatic heterocycles. The Hall–Kier alpha value is -0.980. The molecule has 2 N–H and O–H groups in total. The van der Waals surface area contributed by atoms with Gasteiger partial charge in [-0.15, -0.1) is 0 Å². The zero-order valence-electron chi connectivity index (χ0n) is 11.7. The third-order valence-electron chi connectivity index (χ3n) is 3.60. The molecule has 0 amide bonds. The summed E-state index contributed by atoms with van der Waals surface area (Å²) in [5.41, 5.74) is 5.98. The molecule has 6 heteroatoms. The maximum absolute atomic E-state index is 6.41. The van der Waals surface area contributed by atoms with Gasteiger partial charge in [0.25, 0.3) is 5.89 Å². The van der Waals surface area contributed by atoms with E-state index in [1.54, 1.807) is 7.11 Å². The largest absolute Gasteiger partial charge is 0.382 e. The zero-order chi connectivity index (χ0) is 13.7. The molecule has 19 heavy (non-hydrogen) atoms. The molecule has 6 nitrogen and oxygen atoms in total. The van der Waals surface area contributed by atoms with Crippen LogP contribution in [-0.4, -0.2) is 30.5 Å². The van der Waals surface area contributed by atoms with Crippen molar-refractivity contribution in [3.8, 4) is 0 Å². The number of nitrogens with two attached hydrogens (primary N) is 1. The average molecular weight is 269 g/mol. The number of aromatic nitrogens is 2. The van der Waals surface area contributed by atoms with Gasteiger partial charge in [0.15, 0.2) is 5.82 Å². The van der Waals surface area contributed by atoms with Crippen LogP contribution in [0.25, 0.3) is 0 Å². The number of methoxy groups -OCH3 is 1. The summed E-state index contributed by atoms with van der Waals surface area (Å²) < 4.78 is 15.4. The number of hydrogen-bond acceptors (Lipinski definition) is 6. The highest BCUT2D eigenvalue weighted by Crippen LogP contribution is 2.36. The minimum absolute atomic E-state index is 0.308. The molecule has 0 radical (unpaired) electrons. The molecule has 108 valence electrons. The second-order valence-corrected chi connectivity index (χ2v) is 5.41. The molecular weight excluding hydrogens is 246 g/mol. The van der Waals surface area contributed by atoms with E-state index < -0.39 is 5.54 Å². The normalized spacial score (nSPS) is 27.6. The molecule has 2 unspecified atom stereocenters. The van der Waals surface area contributed by atoms with Crippen LogP contribution in [0.15, 0.2) is 4.52 Å². The van der Waals surface area contributed by atoms with Gasteiger partial charge < -0.3 is 19.7 Å². The second-order valence-electron chi connectivity index (χ2n) is 5.41. The molecule has 2 atom stereocenters. The summed E-state index contributed by atoms with van der Waals surface area (Å²) in [5, 5.41) is 4.02. The number of hydrogen-bond donors (Lipinski definition) is 1. The van der Waals surface area contributed by atoms with Gasteiger partial charge in [-0.3, -0.25) is 0 Å². The fourth-order valence-corrected chi connectivity index (χ4v) is 2.61. The van der Waals surface area contributed by atoms with Gasteiger partial charge in [0, 0.05) is 7.11 Å². The van der Waals surface area contributed by atoms with Crippen molar-refractivity contribution in [3.05, 3.63) is 11.7 Å². The predicted molar refractivity (Wildman–Crippen MR) is 69.3 cm³/mol. The van der Waals surface area contributed by atoms with Gasteiger partial charge in [0.2, 0.25) is 0 Å². The molecule has 2 rings (SSSR count). The van der Waals surface area contributed by atoms with Crippen LogP contribution in [0.3, 0.4) is 0 Å². The Labute approximate surface area is 113 Å². The van der Waals surface area contributed by atoms with E-state index in [0.717, 1.165) is 19.3 Å². The van der Waals surface area contributed by atoms with Crippen LogP contribution in [-0.2, 0) is 21.6 Å². The second kappa shape index (κ2) is 6.45. The predicted octanol–water partition coefficient (Wildman–Crippen LogP) is 1.60. The number of rotatable bonds is 6. The summed E-state index contributed by atoms with van der Waals surface area (Å²) in [6.07, 6.45) is 4.17. The first-order valence-electron chi connectivity index (χ1n) is 6.82. The van der Waals surface area contributed by atoms with Crippen molar-refractivity contribution in [2.45, 2.75) is 44.8 Å². The quantitative estimate of drug-likeness (QED) is 0.790. The summed E-state index contributed by atoms with van der Waals surface area (Å²) >= 11 is 0. The van der Waals surface area contributed by atoms with Crippen molar-refractivity contribution in [1.82, 2.24) is 10.1 Å². The van der Waals surface area contributed by atoms with Crippen molar-refractivity contribution in [1.29, 1.82) is 0 Å². The average Bonchev–Trinajstić information content (AvgIpc) is 2.84. The molecule has 1 aromatic rings. The topological polar surface area (TPSA) is 83.4 Å². The molecule has 1 saturated carbocycles. The summed E-state index contributed by atoms with van der Waals surface area (Å²) in [7, 11) is 1.64. The minimum Gasteiger partial charge on any atom is -0.382 e. The van der Waals surface area contributed by atoms with E-state index in [4.69, 9.17) is 19.7 Å². The van der Waals surface area contributed by atoms with E-state index in [-0.39, 0.29) is 0 Å². The Morgan fingerprint density at radius 3 is 3.05 bits per heavy atom. The molecule has 1 aliphatic rings. The van der Waals surface area contributed by atoms with Crippen molar-refractivity contribution in [2.24, 2.45) is 11.7 Å². The van der Waals surface area contributed by atoms with Gasteiger partial charge in [0.05, 0.1) is 18.8 Å². The molecule has 0 aliphatic heterocycles. The molecule has 0 bridgehead atoms. The van der Waals surface area contributed by atoms with Crippen LogP contribution in [0.2, 0.25) is 0 Å². The van der Waals surface area contributed by atoms with Crippen molar-refractivity contribution in [2.75, 3.05) is 20.3 Å². The molecule has 1 heterocycles. The van der Waals surface area contributed by atoms with Crippen molar-refractivity contribution < 1.29 is 14.0 Å². The van der Waals surface area contributed by atoms with Crippen LogP contribution in [0.4, 0.5) is 0 Å². The van der Waals surface area contributed by atoms with Crippen molar-refractivity contribution >= 4 is 0 Å². The van der Waals surface area contributed by atoms with Gasteiger partial charge >= 0.3 is 0 Å². The Balaban J connectivity index is 1.92. The van der Waals surface area contributed by atoms with Crippen LogP contribution >= 0.6 is 0 Å². The molecule has 1 aliphatic carbocycles. The third-order valence-corrected chi connectivity index (χ3v) is 3.60. The van der Waals surface area contributed by atoms with Crippen molar-refractivity contribution in [3.63, 3.8) is 0 Å². The molecular formula is C13H23N3O3. The molecule has 0 spiro atoms. The van der Waals surface area contributed by atoms with Crippen LogP contribution in [0, 0.1) is 5.92 Å². The Kier molecular flexibility index (Phi) is 4.90. The summed E-state index contributed by atoms with van der Waals surface area (Å²) in [4.78, 5) is 4.37. The van der Waals surface area contributed by atoms with Gasteiger partial charge in [-0.2, -0.15) is 4.98 Å². The van der Waals surface area contributed by atoms with Gasteiger partial charge in [-0.25, -0.2) is 0 Å². The van der Waals surface area contributed by atoms with E-state index in [0.29, 0.717) is 37.5 Å². The lowest BCUT2D eigenvalue weighted by atomic mass is 9.76. The lowest BCUT2D eigenvalue weighted by Gasteiger charge is -2.33. The maximum atomic E-state index is 6.41. The van der Waals surface area contributed by atoms with Crippen LogP contribution in [0.1, 0.15) is 44.3 Å². The summed E-state index contributed by atoms with van der Waals surface area (Å²) in [6.45, 7) is 3.59. The highest BCUT2D eigenvalue weighted by molar-refractivity contribution is 5.06. The summed E-state index contributed by atoms with van der Waals surface area (Å²) in [5.74, 6) is 1.71. The van der Waals surface area contributed by atoms with E-state index in [9.17, 15) is 0 Å². The number of nitrogens with zero attached hydrogens (tertiary/aromatic N) is 2. The van der Waals surface area contributed by atoms with E-state index in [1.165, 1.54) is 6.42 Å². The SMILES string of the molecule is COCCOCc1nc(C2(N)CCCC(C)C2)no1. The van der Waals surface area contributed by atoms with Gasteiger partial charge in [0.1, 0.15) is 6.61 Å². The molecule has 0 aromatic carbocycles. The lowest BCUT2D eigenvalue weighted by molar-refractivity contribution is 0.0494. The van der Waals surface area contributed by atoms with E-state index >= 15 is 0 Å². The Morgan fingerprint density at radius 2 is 2.32 bits per heavy atom. The lowest BCUT2D eigenvalue weighted by Crippen LogP contribution is -2.42. The highest BCUT2D eigenvalue weighted by atomic mass is 16.5. The maximum Gasteiger partial charge on any atom is 0.252 e. The fraction of sp³-hybridized carbons (Fsp3) is 0.846. The molecule has 1 fully saturated rings.